The minimum Gasteiger partial charge on any atom is -0.336 e. The summed E-state index contributed by atoms with van der Waals surface area (Å²) in [7, 11) is 0. The number of amides is 1. The van der Waals surface area contributed by atoms with Crippen molar-refractivity contribution in [3.05, 3.63) is 30.1 Å². The Morgan fingerprint density at radius 1 is 1.60 bits per heavy atom. The minimum atomic E-state index is -0.450. The van der Waals surface area contributed by atoms with E-state index in [1.165, 1.54) is 0 Å². The van der Waals surface area contributed by atoms with Crippen LogP contribution < -0.4 is 5.73 Å². The Labute approximate surface area is 90.1 Å². The summed E-state index contributed by atoms with van der Waals surface area (Å²) < 4.78 is 0. The highest BCUT2D eigenvalue weighted by Crippen LogP contribution is 2.02. The Kier molecular flexibility index (Phi) is 4.24. The summed E-state index contributed by atoms with van der Waals surface area (Å²) in [6.07, 6.45) is 1.72. The number of hydrogen-bond donors (Lipinski definition) is 1. The van der Waals surface area contributed by atoms with Crippen molar-refractivity contribution in [2.24, 2.45) is 5.73 Å². The second-order valence-corrected chi connectivity index (χ2v) is 3.46. The third-order valence-corrected chi connectivity index (χ3v) is 2.16. The Morgan fingerprint density at radius 2 is 2.33 bits per heavy atom. The van der Waals surface area contributed by atoms with Gasteiger partial charge in [-0.3, -0.25) is 9.78 Å². The quantitative estimate of drug-likeness (QED) is 0.793. The number of rotatable bonds is 4. The van der Waals surface area contributed by atoms with Crippen LogP contribution in [0.5, 0.6) is 0 Å². The molecule has 0 aliphatic carbocycles. The van der Waals surface area contributed by atoms with Crippen LogP contribution >= 0.6 is 0 Å². The molecule has 0 bridgehead atoms. The van der Waals surface area contributed by atoms with E-state index in [-0.39, 0.29) is 5.91 Å². The van der Waals surface area contributed by atoms with Crippen molar-refractivity contribution in [1.82, 2.24) is 9.88 Å². The average molecular weight is 207 g/mol. The molecule has 0 radical (unpaired) electrons. The lowest BCUT2D eigenvalue weighted by Crippen LogP contribution is -2.41. The molecule has 82 valence electrons. The molecular weight excluding hydrogens is 190 g/mol. The standard InChI is InChI=1S/C11H17N3O/c1-3-14(11(15)9(2)12)8-10-6-4-5-7-13-10/h4-7,9H,3,8,12H2,1-2H3/t9-/m0/s1. The van der Waals surface area contributed by atoms with Gasteiger partial charge in [-0.05, 0) is 26.0 Å². The van der Waals surface area contributed by atoms with Gasteiger partial charge >= 0.3 is 0 Å². The van der Waals surface area contributed by atoms with Gasteiger partial charge in [0.2, 0.25) is 5.91 Å². The van der Waals surface area contributed by atoms with Crippen LogP contribution in [0.25, 0.3) is 0 Å². The zero-order valence-corrected chi connectivity index (χ0v) is 9.18. The van der Waals surface area contributed by atoms with Gasteiger partial charge in [0.15, 0.2) is 0 Å². The highest BCUT2D eigenvalue weighted by molar-refractivity contribution is 5.81. The third kappa shape index (κ3) is 3.32. The predicted molar refractivity (Wildman–Crippen MR) is 59.0 cm³/mol. The van der Waals surface area contributed by atoms with E-state index in [9.17, 15) is 4.79 Å². The molecule has 0 aliphatic rings. The highest BCUT2D eigenvalue weighted by Gasteiger charge is 2.15. The first-order valence-electron chi connectivity index (χ1n) is 5.09. The summed E-state index contributed by atoms with van der Waals surface area (Å²) in [4.78, 5) is 17.5. The second kappa shape index (κ2) is 5.46. The van der Waals surface area contributed by atoms with Crippen molar-refractivity contribution in [2.75, 3.05) is 6.54 Å². The predicted octanol–water partition coefficient (Wildman–Crippen LogP) is 0.777. The fourth-order valence-electron chi connectivity index (χ4n) is 1.32. The van der Waals surface area contributed by atoms with E-state index < -0.39 is 6.04 Å². The fraction of sp³-hybridized carbons (Fsp3) is 0.455. The summed E-state index contributed by atoms with van der Waals surface area (Å²) >= 11 is 0. The number of nitrogens with zero attached hydrogens (tertiary/aromatic N) is 2. The molecule has 1 aromatic rings. The van der Waals surface area contributed by atoms with E-state index in [2.05, 4.69) is 4.98 Å². The van der Waals surface area contributed by atoms with Crippen LogP contribution in [0, 0.1) is 0 Å². The van der Waals surface area contributed by atoms with Gasteiger partial charge in [-0.15, -0.1) is 0 Å². The Bertz CT molecular complexity index is 311. The van der Waals surface area contributed by atoms with Crippen molar-refractivity contribution in [3.63, 3.8) is 0 Å². The lowest BCUT2D eigenvalue weighted by atomic mass is 10.2. The molecular formula is C11H17N3O. The van der Waals surface area contributed by atoms with E-state index in [0.29, 0.717) is 13.1 Å². The maximum absolute atomic E-state index is 11.7. The first-order valence-corrected chi connectivity index (χ1v) is 5.09. The third-order valence-electron chi connectivity index (χ3n) is 2.16. The van der Waals surface area contributed by atoms with Gasteiger partial charge in [-0.25, -0.2) is 0 Å². The number of pyridine rings is 1. The molecule has 2 N–H and O–H groups in total. The highest BCUT2D eigenvalue weighted by atomic mass is 16.2. The molecule has 15 heavy (non-hydrogen) atoms. The van der Waals surface area contributed by atoms with E-state index in [0.717, 1.165) is 5.69 Å². The van der Waals surface area contributed by atoms with Crippen molar-refractivity contribution in [3.8, 4) is 0 Å². The molecule has 0 aromatic carbocycles. The topological polar surface area (TPSA) is 59.2 Å². The van der Waals surface area contributed by atoms with Gasteiger partial charge in [0.05, 0.1) is 18.3 Å². The number of aromatic nitrogens is 1. The number of carbonyl (C=O) groups is 1. The molecule has 0 unspecified atom stereocenters. The summed E-state index contributed by atoms with van der Waals surface area (Å²) in [6.45, 7) is 4.81. The molecule has 1 rings (SSSR count). The van der Waals surface area contributed by atoms with Crippen LogP contribution in [0.15, 0.2) is 24.4 Å². The Balaban J connectivity index is 2.66. The molecule has 0 saturated carbocycles. The molecule has 1 heterocycles. The summed E-state index contributed by atoms with van der Waals surface area (Å²) in [5.41, 5.74) is 6.44. The monoisotopic (exact) mass is 207 g/mol. The van der Waals surface area contributed by atoms with E-state index in [1.807, 2.05) is 25.1 Å². The van der Waals surface area contributed by atoms with Gasteiger partial charge in [0.25, 0.3) is 0 Å². The van der Waals surface area contributed by atoms with Crippen LogP contribution in [0.3, 0.4) is 0 Å². The van der Waals surface area contributed by atoms with Crippen molar-refractivity contribution >= 4 is 5.91 Å². The van der Waals surface area contributed by atoms with Crippen molar-refractivity contribution in [1.29, 1.82) is 0 Å². The zero-order chi connectivity index (χ0) is 11.3. The number of hydrogen-bond acceptors (Lipinski definition) is 3. The van der Waals surface area contributed by atoms with Crippen molar-refractivity contribution < 1.29 is 4.79 Å². The zero-order valence-electron chi connectivity index (χ0n) is 9.18. The molecule has 0 saturated heterocycles. The van der Waals surface area contributed by atoms with Crippen LogP contribution in [0.2, 0.25) is 0 Å². The van der Waals surface area contributed by atoms with E-state index in [1.54, 1.807) is 18.0 Å². The van der Waals surface area contributed by atoms with Crippen molar-refractivity contribution in [2.45, 2.75) is 26.4 Å². The normalized spacial score (nSPS) is 12.2. The summed E-state index contributed by atoms with van der Waals surface area (Å²) in [5.74, 6) is -0.0387. The second-order valence-electron chi connectivity index (χ2n) is 3.46. The van der Waals surface area contributed by atoms with E-state index in [4.69, 9.17) is 5.73 Å². The summed E-state index contributed by atoms with van der Waals surface area (Å²) in [6, 6.07) is 5.21. The average Bonchev–Trinajstić information content (AvgIpc) is 2.26. The van der Waals surface area contributed by atoms with Gasteiger partial charge in [0.1, 0.15) is 0 Å². The summed E-state index contributed by atoms with van der Waals surface area (Å²) in [5, 5.41) is 0. The number of nitrogens with two attached hydrogens (primary N) is 1. The lowest BCUT2D eigenvalue weighted by molar-refractivity contribution is -0.132. The van der Waals surface area contributed by atoms with Crippen LogP contribution in [0.1, 0.15) is 19.5 Å². The van der Waals surface area contributed by atoms with Gasteiger partial charge < -0.3 is 10.6 Å². The molecule has 0 fully saturated rings. The van der Waals surface area contributed by atoms with Crippen LogP contribution in [0.4, 0.5) is 0 Å². The first kappa shape index (κ1) is 11.7. The molecule has 0 aliphatic heterocycles. The van der Waals surface area contributed by atoms with Crippen LogP contribution in [-0.4, -0.2) is 28.4 Å². The van der Waals surface area contributed by atoms with Gasteiger partial charge in [-0.1, -0.05) is 6.07 Å². The number of carbonyl (C=O) groups excluding carboxylic acids is 1. The minimum absolute atomic E-state index is 0.0387. The fourth-order valence-corrected chi connectivity index (χ4v) is 1.32. The molecule has 0 spiro atoms. The largest absolute Gasteiger partial charge is 0.336 e. The molecule has 4 heteroatoms. The van der Waals surface area contributed by atoms with Gasteiger partial charge in [-0.2, -0.15) is 0 Å². The maximum atomic E-state index is 11.7. The smallest absolute Gasteiger partial charge is 0.239 e. The SMILES string of the molecule is CCN(Cc1ccccn1)C(=O)[C@H](C)N. The van der Waals surface area contributed by atoms with Crippen LogP contribution in [-0.2, 0) is 11.3 Å². The molecule has 4 nitrogen and oxygen atoms in total. The first-order chi connectivity index (χ1) is 7.15. The lowest BCUT2D eigenvalue weighted by Gasteiger charge is -2.22. The Morgan fingerprint density at radius 3 is 2.80 bits per heavy atom. The maximum Gasteiger partial charge on any atom is 0.239 e. The van der Waals surface area contributed by atoms with E-state index >= 15 is 0 Å². The van der Waals surface area contributed by atoms with Gasteiger partial charge in [0, 0.05) is 12.7 Å². The number of likely N-dealkylation sites (N-methyl/N-ethyl adjacent to an activating group) is 1. The molecule has 1 aromatic heterocycles. The Hall–Kier alpha value is -1.42. The molecule has 1 amide bonds. The molecule has 1 atom stereocenters.